The molecule has 0 aliphatic rings. The van der Waals surface area contributed by atoms with E-state index in [9.17, 15) is 13.2 Å². The number of hydrogen-bond donors (Lipinski definition) is 3. The van der Waals surface area contributed by atoms with E-state index < -0.39 is 22.0 Å². The van der Waals surface area contributed by atoms with E-state index in [-0.39, 0.29) is 18.7 Å². The van der Waals surface area contributed by atoms with Crippen LogP contribution in [0.1, 0.15) is 24.5 Å². The summed E-state index contributed by atoms with van der Waals surface area (Å²) >= 11 is 6.02. The molecule has 29 heavy (non-hydrogen) atoms. The van der Waals surface area contributed by atoms with E-state index in [1.165, 1.54) is 0 Å². The summed E-state index contributed by atoms with van der Waals surface area (Å²) in [5.41, 5.74) is 2.36. The molecule has 1 aromatic carbocycles. The predicted octanol–water partition coefficient (Wildman–Crippen LogP) is 2.77. The minimum absolute atomic E-state index is 0.0413. The molecule has 2 aromatic heterocycles. The third kappa shape index (κ3) is 6.03. The Morgan fingerprint density at radius 1 is 1.24 bits per heavy atom. The maximum absolute atomic E-state index is 12.8. The monoisotopic (exact) mass is 434 g/mol. The van der Waals surface area contributed by atoms with Crippen molar-refractivity contribution >= 4 is 38.6 Å². The van der Waals surface area contributed by atoms with Gasteiger partial charge in [-0.05, 0) is 48.2 Å². The van der Waals surface area contributed by atoms with Crippen molar-refractivity contribution in [2.45, 2.75) is 32.4 Å². The highest BCUT2D eigenvalue weighted by atomic mass is 35.5. The standard InChI is InChI=1S/C20H23ClN4O3S/c1-2-8-29(27,28)25-18(11-14-4-3-5-17(21)10-14)20(26)24-13-15-9-16-6-7-22-19(16)23-12-15/h3-7,9-10,12,18,25H,2,8,11,13H2,1H3,(H,22,23)(H,24,26). The number of aromatic nitrogens is 2. The zero-order valence-corrected chi connectivity index (χ0v) is 17.6. The minimum atomic E-state index is -3.57. The number of aromatic amines is 1. The molecule has 1 atom stereocenters. The molecule has 3 N–H and O–H groups in total. The molecular formula is C20H23ClN4O3S. The summed E-state index contributed by atoms with van der Waals surface area (Å²) in [5.74, 6) is -0.445. The van der Waals surface area contributed by atoms with Crippen LogP contribution in [0.4, 0.5) is 0 Å². The number of carbonyl (C=O) groups excluding carboxylic acids is 1. The molecule has 3 aromatic rings. The SMILES string of the molecule is CCCS(=O)(=O)NC(Cc1cccc(Cl)c1)C(=O)NCc1cnc2[nH]ccc2c1. The molecule has 0 aliphatic heterocycles. The van der Waals surface area contributed by atoms with Crippen LogP contribution in [-0.4, -0.2) is 36.1 Å². The predicted molar refractivity (Wildman–Crippen MR) is 114 cm³/mol. The minimum Gasteiger partial charge on any atom is -0.351 e. The van der Waals surface area contributed by atoms with E-state index in [1.54, 1.807) is 37.5 Å². The van der Waals surface area contributed by atoms with Crippen molar-refractivity contribution in [3.8, 4) is 0 Å². The van der Waals surface area contributed by atoms with Gasteiger partial charge in [0.2, 0.25) is 15.9 Å². The summed E-state index contributed by atoms with van der Waals surface area (Å²) in [5, 5.41) is 4.28. The molecule has 0 spiro atoms. The van der Waals surface area contributed by atoms with Gasteiger partial charge in [0.25, 0.3) is 0 Å². The third-order valence-corrected chi connectivity index (χ3v) is 6.19. The van der Waals surface area contributed by atoms with Crippen LogP contribution in [0.15, 0.2) is 48.8 Å². The summed E-state index contributed by atoms with van der Waals surface area (Å²) in [7, 11) is -3.57. The summed E-state index contributed by atoms with van der Waals surface area (Å²) in [6, 6.07) is 9.91. The number of sulfonamides is 1. The van der Waals surface area contributed by atoms with Crippen LogP contribution in [0.5, 0.6) is 0 Å². The topological polar surface area (TPSA) is 104 Å². The Balaban J connectivity index is 1.73. The van der Waals surface area contributed by atoms with Gasteiger partial charge >= 0.3 is 0 Å². The van der Waals surface area contributed by atoms with Crippen LogP contribution in [0.25, 0.3) is 11.0 Å². The first-order chi connectivity index (χ1) is 13.9. The molecule has 0 saturated carbocycles. The molecule has 1 amide bonds. The molecule has 7 nitrogen and oxygen atoms in total. The maximum Gasteiger partial charge on any atom is 0.238 e. The number of pyridine rings is 1. The lowest BCUT2D eigenvalue weighted by atomic mass is 10.1. The average Bonchev–Trinajstić information content (AvgIpc) is 3.13. The number of nitrogens with zero attached hydrogens (tertiary/aromatic N) is 1. The lowest BCUT2D eigenvalue weighted by Crippen LogP contribution is -2.48. The van der Waals surface area contributed by atoms with Crippen LogP contribution < -0.4 is 10.0 Å². The quantitative estimate of drug-likeness (QED) is 0.481. The van der Waals surface area contributed by atoms with Gasteiger partial charge in [-0.3, -0.25) is 4.79 Å². The van der Waals surface area contributed by atoms with Gasteiger partial charge in [-0.25, -0.2) is 18.1 Å². The Morgan fingerprint density at radius 2 is 2.07 bits per heavy atom. The number of amides is 1. The number of carbonyl (C=O) groups is 1. The van der Waals surface area contributed by atoms with E-state index in [0.717, 1.165) is 22.2 Å². The Labute approximate surface area is 174 Å². The van der Waals surface area contributed by atoms with E-state index in [1.807, 2.05) is 18.2 Å². The number of halogens is 1. The normalized spacial score (nSPS) is 12.8. The largest absolute Gasteiger partial charge is 0.351 e. The van der Waals surface area contributed by atoms with Crippen molar-refractivity contribution in [2.75, 3.05) is 5.75 Å². The molecule has 0 radical (unpaired) electrons. The molecule has 0 fully saturated rings. The molecule has 0 saturated heterocycles. The van der Waals surface area contributed by atoms with Crippen molar-refractivity contribution < 1.29 is 13.2 Å². The zero-order valence-electron chi connectivity index (χ0n) is 16.0. The van der Waals surface area contributed by atoms with E-state index in [0.29, 0.717) is 11.4 Å². The van der Waals surface area contributed by atoms with E-state index in [4.69, 9.17) is 11.6 Å². The average molecular weight is 435 g/mol. The van der Waals surface area contributed by atoms with E-state index >= 15 is 0 Å². The van der Waals surface area contributed by atoms with Gasteiger partial charge in [-0.1, -0.05) is 30.7 Å². The highest BCUT2D eigenvalue weighted by molar-refractivity contribution is 7.89. The fraction of sp³-hybridized carbons (Fsp3) is 0.300. The van der Waals surface area contributed by atoms with Gasteiger partial charge in [0, 0.05) is 29.3 Å². The summed E-state index contributed by atoms with van der Waals surface area (Å²) in [6.07, 6.45) is 4.13. The van der Waals surface area contributed by atoms with E-state index in [2.05, 4.69) is 20.0 Å². The highest BCUT2D eigenvalue weighted by Crippen LogP contribution is 2.14. The number of nitrogens with one attached hydrogen (secondary N) is 3. The van der Waals surface area contributed by atoms with Crippen LogP contribution >= 0.6 is 11.6 Å². The Hall–Kier alpha value is -2.42. The molecule has 1 unspecified atom stereocenters. The van der Waals surface area contributed by atoms with Crippen LogP contribution in [-0.2, 0) is 27.8 Å². The summed E-state index contributed by atoms with van der Waals surface area (Å²) in [4.78, 5) is 20.1. The van der Waals surface area contributed by atoms with Gasteiger partial charge in [0.15, 0.2) is 0 Å². The van der Waals surface area contributed by atoms with Gasteiger partial charge in [0.1, 0.15) is 11.7 Å². The van der Waals surface area contributed by atoms with Crippen molar-refractivity contribution in [1.29, 1.82) is 0 Å². The zero-order chi connectivity index (χ0) is 20.9. The first-order valence-corrected chi connectivity index (χ1v) is 11.3. The van der Waals surface area contributed by atoms with Gasteiger partial charge in [-0.15, -0.1) is 0 Å². The molecular weight excluding hydrogens is 412 g/mol. The van der Waals surface area contributed by atoms with Crippen LogP contribution in [0.3, 0.4) is 0 Å². The Morgan fingerprint density at radius 3 is 2.83 bits per heavy atom. The van der Waals surface area contributed by atoms with Gasteiger partial charge in [0.05, 0.1) is 5.75 Å². The number of fused-ring (bicyclic) bond motifs is 1. The molecule has 0 bridgehead atoms. The number of hydrogen-bond acceptors (Lipinski definition) is 4. The van der Waals surface area contributed by atoms with Crippen LogP contribution in [0.2, 0.25) is 5.02 Å². The molecule has 154 valence electrons. The molecule has 2 heterocycles. The molecule has 3 rings (SSSR count). The summed E-state index contributed by atoms with van der Waals surface area (Å²) < 4.78 is 27.0. The second-order valence-electron chi connectivity index (χ2n) is 6.80. The van der Waals surface area contributed by atoms with Crippen molar-refractivity contribution in [3.05, 3.63) is 64.9 Å². The second kappa shape index (κ2) is 9.39. The highest BCUT2D eigenvalue weighted by Gasteiger charge is 2.24. The Bertz CT molecular complexity index is 1100. The van der Waals surface area contributed by atoms with Gasteiger partial charge < -0.3 is 10.3 Å². The van der Waals surface area contributed by atoms with Crippen molar-refractivity contribution in [3.63, 3.8) is 0 Å². The smallest absolute Gasteiger partial charge is 0.238 e. The van der Waals surface area contributed by atoms with Crippen molar-refractivity contribution in [2.24, 2.45) is 0 Å². The fourth-order valence-corrected chi connectivity index (χ4v) is 4.52. The molecule has 9 heteroatoms. The first kappa shape index (κ1) is 21.3. The molecule has 0 aliphatic carbocycles. The number of rotatable bonds is 9. The maximum atomic E-state index is 12.8. The second-order valence-corrected chi connectivity index (χ2v) is 9.11. The van der Waals surface area contributed by atoms with Gasteiger partial charge in [-0.2, -0.15) is 0 Å². The Kier molecular flexibility index (Phi) is 6.89. The number of H-pyrrole nitrogens is 1. The first-order valence-electron chi connectivity index (χ1n) is 9.30. The van der Waals surface area contributed by atoms with Crippen molar-refractivity contribution in [1.82, 2.24) is 20.0 Å². The lowest BCUT2D eigenvalue weighted by molar-refractivity contribution is -0.122. The fourth-order valence-electron chi connectivity index (χ4n) is 3.03. The number of benzene rings is 1. The third-order valence-electron chi connectivity index (χ3n) is 4.36. The lowest BCUT2D eigenvalue weighted by Gasteiger charge is -2.19. The summed E-state index contributed by atoms with van der Waals surface area (Å²) in [6.45, 7) is 2.02. The van der Waals surface area contributed by atoms with Crippen LogP contribution in [0, 0.1) is 0 Å².